The topological polar surface area (TPSA) is 9.23 Å². The quantitative estimate of drug-likeness (QED) is 0.696. The fourth-order valence-electron chi connectivity index (χ4n) is 1.25. The van der Waals surface area contributed by atoms with E-state index in [0.717, 1.165) is 17.7 Å². The molecule has 13 heavy (non-hydrogen) atoms. The second-order valence-electron chi connectivity index (χ2n) is 3.20. The van der Waals surface area contributed by atoms with Gasteiger partial charge in [0.05, 0.1) is 7.11 Å². The van der Waals surface area contributed by atoms with Crippen molar-refractivity contribution in [1.29, 1.82) is 0 Å². The van der Waals surface area contributed by atoms with Gasteiger partial charge in [0, 0.05) is 0 Å². The molecule has 0 saturated heterocycles. The molecule has 1 rings (SSSR count). The zero-order valence-corrected chi connectivity index (χ0v) is 8.30. The molecule has 1 unspecified atom stereocenters. The summed E-state index contributed by atoms with van der Waals surface area (Å²) in [5, 5.41) is 0. The molecule has 0 aromatic heterocycles. The average molecular weight is 182 g/mol. The van der Waals surface area contributed by atoms with Crippen LogP contribution in [0.2, 0.25) is 0 Å². The van der Waals surface area contributed by atoms with E-state index in [-0.39, 0.29) is 11.7 Å². The molecule has 0 N–H and O–H groups in total. The molecule has 0 radical (unpaired) electrons. The minimum Gasteiger partial charge on any atom is -0.497 e. The monoisotopic (exact) mass is 182 g/mol. The van der Waals surface area contributed by atoms with E-state index in [1.807, 2.05) is 13.8 Å². The number of hydrogen-bond donors (Lipinski definition) is 0. The van der Waals surface area contributed by atoms with Gasteiger partial charge in [0.2, 0.25) is 0 Å². The Morgan fingerprint density at radius 3 is 2.69 bits per heavy atom. The molecule has 0 aliphatic carbocycles. The lowest BCUT2D eigenvalue weighted by molar-refractivity contribution is 0.412. The maximum Gasteiger partial charge on any atom is 0.126 e. The summed E-state index contributed by atoms with van der Waals surface area (Å²) < 4.78 is 18.3. The molecule has 0 spiro atoms. The van der Waals surface area contributed by atoms with Gasteiger partial charge < -0.3 is 4.74 Å². The van der Waals surface area contributed by atoms with Crippen molar-refractivity contribution in [2.75, 3.05) is 7.11 Å². The Morgan fingerprint density at radius 1 is 1.46 bits per heavy atom. The van der Waals surface area contributed by atoms with Crippen LogP contribution in [0.3, 0.4) is 0 Å². The minimum absolute atomic E-state index is 0.143. The fraction of sp³-hybridized carbons (Fsp3) is 0.455. The molecule has 0 aliphatic rings. The molecule has 0 heterocycles. The zero-order valence-electron chi connectivity index (χ0n) is 8.30. The lowest BCUT2D eigenvalue weighted by Crippen LogP contribution is -1.96. The number of benzene rings is 1. The normalized spacial score (nSPS) is 12.6. The summed E-state index contributed by atoms with van der Waals surface area (Å²) in [7, 11) is 1.59. The molecule has 1 nitrogen and oxygen atoms in total. The molecule has 0 fully saturated rings. The third-order valence-electron chi connectivity index (χ3n) is 2.35. The van der Waals surface area contributed by atoms with Crippen LogP contribution >= 0.6 is 0 Å². The largest absolute Gasteiger partial charge is 0.497 e. The number of halogens is 1. The second kappa shape index (κ2) is 4.26. The third-order valence-corrected chi connectivity index (χ3v) is 2.35. The van der Waals surface area contributed by atoms with E-state index in [1.54, 1.807) is 19.2 Å². The predicted molar refractivity (Wildman–Crippen MR) is 51.7 cm³/mol. The van der Waals surface area contributed by atoms with E-state index in [1.165, 1.54) is 6.07 Å². The standard InChI is InChI=1S/C11H15FO/c1-4-8(2)10-7-9(13-3)5-6-11(10)12/h5-8H,4H2,1-3H3. The molecule has 1 aromatic rings. The highest BCUT2D eigenvalue weighted by molar-refractivity contribution is 5.31. The van der Waals surface area contributed by atoms with Gasteiger partial charge in [0.15, 0.2) is 0 Å². The summed E-state index contributed by atoms with van der Waals surface area (Å²) in [5.41, 5.74) is 0.738. The molecule has 0 aliphatic heterocycles. The Bertz CT molecular complexity index is 283. The van der Waals surface area contributed by atoms with Crippen LogP contribution in [0.1, 0.15) is 31.7 Å². The van der Waals surface area contributed by atoms with Crippen LogP contribution in [0.25, 0.3) is 0 Å². The zero-order chi connectivity index (χ0) is 9.84. The number of ether oxygens (including phenoxy) is 1. The van der Waals surface area contributed by atoms with Crippen LogP contribution in [-0.2, 0) is 0 Å². The number of methoxy groups -OCH3 is 1. The smallest absolute Gasteiger partial charge is 0.126 e. The lowest BCUT2D eigenvalue weighted by atomic mass is 9.98. The fourth-order valence-corrected chi connectivity index (χ4v) is 1.25. The summed E-state index contributed by atoms with van der Waals surface area (Å²) in [6, 6.07) is 4.87. The van der Waals surface area contributed by atoms with E-state index >= 15 is 0 Å². The van der Waals surface area contributed by atoms with Gasteiger partial charge >= 0.3 is 0 Å². The van der Waals surface area contributed by atoms with E-state index in [9.17, 15) is 4.39 Å². The molecule has 0 saturated carbocycles. The van der Waals surface area contributed by atoms with Crippen LogP contribution in [0.4, 0.5) is 4.39 Å². The van der Waals surface area contributed by atoms with Crippen molar-refractivity contribution in [3.8, 4) is 5.75 Å². The van der Waals surface area contributed by atoms with Gasteiger partial charge in [-0.1, -0.05) is 13.8 Å². The highest BCUT2D eigenvalue weighted by Crippen LogP contribution is 2.25. The van der Waals surface area contributed by atoms with Gasteiger partial charge in [-0.05, 0) is 36.1 Å². The maximum absolute atomic E-state index is 13.3. The van der Waals surface area contributed by atoms with Crippen molar-refractivity contribution in [2.24, 2.45) is 0 Å². The molecular formula is C11H15FO. The van der Waals surface area contributed by atoms with Crippen LogP contribution < -0.4 is 4.74 Å². The van der Waals surface area contributed by atoms with Gasteiger partial charge in [-0.15, -0.1) is 0 Å². The van der Waals surface area contributed by atoms with Crippen LogP contribution in [0, 0.1) is 5.82 Å². The number of rotatable bonds is 3. The summed E-state index contributed by atoms with van der Waals surface area (Å²) in [4.78, 5) is 0. The average Bonchev–Trinajstić information content (AvgIpc) is 2.17. The second-order valence-corrected chi connectivity index (χ2v) is 3.20. The Labute approximate surface area is 78.5 Å². The molecular weight excluding hydrogens is 167 g/mol. The van der Waals surface area contributed by atoms with Crippen molar-refractivity contribution < 1.29 is 9.13 Å². The Hall–Kier alpha value is -1.05. The van der Waals surface area contributed by atoms with Gasteiger partial charge in [-0.2, -0.15) is 0 Å². The van der Waals surface area contributed by atoms with Gasteiger partial charge in [0.25, 0.3) is 0 Å². The molecule has 1 atom stereocenters. The first-order chi connectivity index (χ1) is 6.19. The van der Waals surface area contributed by atoms with Crippen LogP contribution in [-0.4, -0.2) is 7.11 Å². The minimum atomic E-state index is -0.143. The van der Waals surface area contributed by atoms with E-state index < -0.39 is 0 Å². The van der Waals surface area contributed by atoms with Gasteiger partial charge in [0.1, 0.15) is 11.6 Å². The van der Waals surface area contributed by atoms with Crippen molar-refractivity contribution in [3.63, 3.8) is 0 Å². The predicted octanol–water partition coefficient (Wildman–Crippen LogP) is 3.35. The number of hydrogen-bond acceptors (Lipinski definition) is 1. The molecule has 0 amide bonds. The first-order valence-corrected chi connectivity index (χ1v) is 4.52. The van der Waals surface area contributed by atoms with Crippen molar-refractivity contribution in [2.45, 2.75) is 26.2 Å². The van der Waals surface area contributed by atoms with Crippen molar-refractivity contribution >= 4 is 0 Å². The maximum atomic E-state index is 13.3. The van der Waals surface area contributed by atoms with Crippen LogP contribution in [0.5, 0.6) is 5.75 Å². The molecule has 2 heteroatoms. The lowest BCUT2D eigenvalue weighted by Gasteiger charge is -2.11. The Kier molecular flexibility index (Phi) is 3.29. The molecule has 1 aromatic carbocycles. The molecule has 72 valence electrons. The first kappa shape index (κ1) is 10.0. The van der Waals surface area contributed by atoms with E-state index in [0.29, 0.717) is 0 Å². The highest BCUT2D eigenvalue weighted by atomic mass is 19.1. The molecule has 0 bridgehead atoms. The van der Waals surface area contributed by atoms with E-state index in [4.69, 9.17) is 4.74 Å². The first-order valence-electron chi connectivity index (χ1n) is 4.52. The van der Waals surface area contributed by atoms with Gasteiger partial charge in [-0.25, -0.2) is 4.39 Å². The summed E-state index contributed by atoms with van der Waals surface area (Å²) >= 11 is 0. The Balaban J connectivity index is 3.03. The van der Waals surface area contributed by atoms with Crippen LogP contribution in [0.15, 0.2) is 18.2 Å². The third kappa shape index (κ3) is 2.20. The Morgan fingerprint density at radius 2 is 2.15 bits per heavy atom. The van der Waals surface area contributed by atoms with Gasteiger partial charge in [-0.3, -0.25) is 0 Å². The summed E-state index contributed by atoms with van der Waals surface area (Å²) in [5.74, 6) is 0.821. The van der Waals surface area contributed by atoms with Crippen molar-refractivity contribution in [3.05, 3.63) is 29.6 Å². The SMILES string of the molecule is CCC(C)c1cc(OC)ccc1F. The highest BCUT2D eigenvalue weighted by Gasteiger charge is 2.09. The summed E-state index contributed by atoms with van der Waals surface area (Å²) in [6.07, 6.45) is 0.935. The van der Waals surface area contributed by atoms with E-state index in [2.05, 4.69) is 0 Å². The van der Waals surface area contributed by atoms with Crippen molar-refractivity contribution in [1.82, 2.24) is 0 Å². The summed E-state index contributed by atoms with van der Waals surface area (Å²) in [6.45, 7) is 4.06.